The zero-order chi connectivity index (χ0) is 17.6. The first-order chi connectivity index (χ1) is 12.0. The van der Waals surface area contributed by atoms with Crippen LogP contribution in [0, 0.1) is 6.92 Å². The standard InChI is InChI=1S/C17H21N5O2S/c1-11-9-25-16(19-11)17(20-12(2)23)5-7-21(10-17)14-15(24)22(8-6-18-14)13-3-4-13/h6,8-9,13H,3-5,7,10H2,1-2H3,(H,20,23). The molecule has 1 saturated carbocycles. The zero-order valence-electron chi connectivity index (χ0n) is 14.4. The van der Waals surface area contributed by atoms with Crippen LogP contribution in [0.15, 0.2) is 22.6 Å². The van der Waals surface area contributed by atoms with Crippen LogP contribution in [-0.2, 0) is 10.3 Å². The normalized spacial score (nSPS) is 23.0. The Labute approximate surface area is 149 Å². The van der Waals surface area contributed by atoms with Crippen molar-refractivity contribution < 1.29 is 4.79 Å². The maximum absolute atomic E-state index is 12.8. The minimum absolute atomic E-state index is 0.0426. The van der Waals surface area contributed by atoms with E-state index in [1.165, 1.54) is 6.92 Å². The second-order valence-corrected chi connectivity index (χ2v) is 7.78. The predicted molar refractivity (Wildman–Crippen MR) is 95.9 cm³/mol. The number of aromatic nitrogens is 3. The molecular formula is C17H21N5O2S. The highest BCUT2D eigenvalue weighted by atomic mass is 32.1. The van der Waals surface area contributed by atoms with Crippen LogP contribution in [-0.4, -0.2) is 33.5 Å². The number of carbonyl (C=O) groups is 1. The molecule has 3 heterocycles. The van der Waals surface area contributed by atoms with E-state index in [1.54, 1.807) is 28.3 Å². The van der Waals surface area contributed by atoms with Crippen LogP contribution in [0.1, 0.15) is 42.9 Å². The van der Waals surface area contributed by atoms with E-state index in [-0.39, 0.29) is 11.5 Å². The van der Waals surface area contributed by atoms with Gasteiger partial charge in [0.15, 0.2) is 5.82 Å². The summed E-state index contributed by atoms with van der Waals surface area (Å²) >= 11 is 1.55. The van der Waals surface area contributed by atoms with Gasteiger partial charge in [0.25, 0.3) is 5.56 Å². The largest absolute Gasteiger partial charge is 0.349 e. The van der Waals surface area contributed by atoms with E-state index in [0.717, 1.165) is 23.5 Å². The molecule has 2 fully saturated rings. The van der Waals surface area contributed by atoms with Gasteiger partial charge in [-0.2, -0.15) is 0 Å². The molecule has 0 bridgehead atoms. The molecule has 1 unspecified atom stereocenters. The van der Waals surface area contributed by atoms with Crippen LogP contribution < -0.4 is 15.8 Å². The molecule has 1 amide bonds. The lowest BCUT2D eigenvalue weighted by atomic mass is 9.99. The van der Waals surface area contributed by atoms with Crippen LogP contribution in [0.3, 0.4) is 0 Å². The van der Waals surface area contributed by atoms with Gasteiger partial charge in [0.05, 0.1) is 0 Å². The van der Waals surface area contributed by atoms with Gasteiger partial charge >= 0.3 is 0 Å². The van der Waals surface area contributed by atoms with E-state index >= 15 is 0 Å². The predicted octanol–water partition coefficient (Wildman–Crippen LogP) is 1.58. The summed E-state index contributed by atoms with van der Waals surface area (Å²) in [5.41, 5.74) is 0.343. The van der Waals surface area contributed by atoms with Gasteiger partial charge in [0.1, 0.15) is 10.5 Å². The third kappa shape index (κ3) is 2.95. The second kappa shape index (κ2) is 5.94. The number of aryl methyl sites for hydroxylation is 1. The molecule has 1 aliphatic carbocycles. The molecule has 2 aromatic rings. The van der Waals surface area contributed by atoms with Crippen LogP contribution in [0.25, 0.3) is 0 Å². The van der Waals surface area contributed by atoms with E-state index in [4.69, 9.17) is 0 Å². The number of anilines is 1. The molecular weight excluding hydrogens is 338 g/mol. The molecule has 1 atom stereocenters. The Morgan fingerprint density at radius 1 is 1.44 bits per heavy atom. The molecule has 1 aliphatic heterocycles. The fraction of sp³-hybridized carbons (Fsp3) is 0.529. The van der Waals surface area contributed by atoms with E-state index in [9.17, 15) is 9.59 Å². The molecule has 1 saturated heterocycles. The second-order valence-electron chi connectivity index (χ2n) is 6.92. The highest BCUT2D eigenvalue weighted by Crippen LogP contribution is 2.36. The van der Waals surface area contributed by atoms with Gasteiger partial charge in [-0.15, -0.1) is 11.3 Å². The van der Waals surface area contributed by atoms with Gasteiger partial charge < -0.3 is 14.8 Å². The molecule has 2 aliphatic rings. The van der Waals surface area contributed by atoms with Crippen LogP contribution in [0.4, 0.5) is 5.82 Å². The van der Waals surface area contributed by atoms with E-state index in [1.807, 2.05) is 17.2 Å². The molecule has 0 aromatic carbocycles. The molecule has 132 valence electrons. The average molecular weight is 359 g/mol. The van der Waals surface area contributed by atoms with Gasteiger partial charge in [-0.1, -0.05) is 0 Å². The minimum Gasteiger partial charge on any atom is -0.349 e. The molecule has 2 aromatic heterocycles. The van der Waals surface area contributed by atoms with Crippen molar-refractivity contribution in [3.05, 3.63) is 38.8 Å². The monoisotopic (exact) mass is 359 g/mol. The highest BCUT2D eigenvalue weighted by Gasteiger charge is 2.44. The molecule has 1 N–H and O–H groups in total. The molecule has 4 rings (SSSR count). The summed E-state index contributed by atoms with van der Waals surface area (Å²) in [4.78, 5) is 35.5. The van der Waals surface area contributed by atoms with Crippen molar-refractivity contribution in [3.63, 3.8) is 0 Å². The van der Waals surface area contributed by atoms with E-state index < -0.39 is 5.54 Å². The third-order valence-corrected chi connectivity index (χ3v) is 5.97. The van der Waals surface area contributed by atoms with Crippen molar-refractivity contribution in [2.75, 3.05) is 18.0 Å². The lowest BCUT2D eigenvalue weighted by Gasteiger charge is -2.28. The Balaban J connectivity index is 1.67. The summed E-state index contributed by atoms with van der Waals surface area (Å²) in [6.07, 6.45) is 6.28. The first-order valence-corrected chi connectivity index (χ1v) is 9.40. The van der Waals surface area contributed by atoms with Crippen LogP contribution in [0.5, 0.6) is 0 Å². The minimum atomic E-state index is -0.556. The van der Waals surface area contributed by atoms with Crippen LogP contribution >= 0.6 is 11.3 Å². The van der Waals surface area contributed by atoms with E-state index in [2.05, 4.69) is 15.3 Å². The number of carbonyl (C=O) groups excluding carboxylic acids is 1. The fourth-order valence-corrected chi connectivity index (χ4v) is 4.48. The molecule has 7 nitrogen and oxygen atoms in total. The number of thiazole rings is 1. The summed E-state index contributed by atoms with van der Waals surface area (Å²) in [6.45, 7) is 4.64. The maximum atomic E-state index is 12.8. The third-order valence-electron chi connectivity index (χ3n) is 4.80. The molecule has 8 heteroatoms. The van der Waals surface area contributed by atoms with Crippen molar-refractivity contribution in [2.24, 2.45) is 0 Å². The van der Waals surface area contributed by atoms with Crippen molar-refractivity contribution in [3.8, 4) is 0 Å². The lowest BCUT2D eigenvalue weighted by Crippen LogP contribution is -2.47. The Morgan fingerprint density at radius 2 is 2.24 bits per heavy atom. The van der Waals surface area contributed by atoms with Crippen molar-refractivity contribution in [1.82, 2.24) is 19.9 Å². The Bertz CT molecular complexity index is 872. The topological polar surface area (TPSA) is 80.1 Å². The van der Waals surface area contributed by atoms with Gasteiger partial charge in [-0.05, 0) is 26.2 Å². The number of rotatable bonds is 4. The summed E-state index contributed by atoms with van der Waals surface area (Å²) in [5.74, 6) is 0.376. The summed E-state index contributed by atoms with van der Waals surface area (Å²) in [5, 5.41) is 5.96. The number of hydrogen-bond acceptors (Lipinski definition) is 6. The summed E-state index contributed by atoms with van der Waals surface area (Å²) in [6, 6.07) is 0.318. The average Bonchev–Trinajstić information content (AvgIpc) is 3.17. The Hall–Kier alpha value is -2.22. The van der Waals surface area contributed by atoms with Crippen LogP contribution in [0.2, 0.25) is 0 Å². The van der Waals surface area contributed by atoms with Crippen molar-refractivity contribution in [1.29, 1.82) is 0 Å². The van der Waals surface area contributed by atoms with Gasteiger partial charge in [-0.3, -0.25) is 9.59 Å². The van der Waals surface area contributed by atoms with Gasteiger partial charge in [-0.25, -0.2) is 9.97 Å². The highest BCUT2D eigenvalue weighted by molar-refractivity contribution is 7.09. The number of nitrogens with one attached hydrogen (secondary N) is 1. The first-order valence-electron chi connectivity index (χ1n) is 8.52. The first kappa shape index (κ1) is 16.3. The number of amides is 1. The molecule has 0 radical (unpaired) electrons. The Morgan fingerprint density at radius 3 is 2.88 bits per heavy atom. The SMILES string of the molecule is CC(=O)NC1(c2nc(C)cs2)CCN(c2nccn(C3CC3)c2=O)C1. The maximum Gasteiger partial charge on any atom is 0.293 e. The van der Waals surface area contributed by atoms with E-state index in [0.29, 0.717) is 31.4 Å². The fourth-order valence-electron chi connectivity index (χ4n) is 3.50. The van der Waals surface area contributed by atoms with Crippen molar-refractivity contribution in [2.45, 2.75) is 44.7 Å². The quantitative estimate of drug-likeness (QED) is 0.897. The van der Waals surface area contributed by atoms with Gasteiger partial charge in [0, 0.05) is 49.5 Å². The van der Waals surface area contributed by atoms with Gasteiger partial charge in [0.2, 0.25) is 5.91 Å². The molecule has 25 heavy (non-hydrogen) atoms. The summed E-state index contributed by atoms with van der Waals surface area (Å²) in [7, 11) is 0. The lowest BCUT2D eigenvalue weighted by molar-refractivity contribution is -0.120. The smallest absolute Gasteiger partial charge is 0.293 e. The Kier molecular flexibility index (Phi) is 3.87. The number of hydrogen-bond donors (Lipinski definition) is 1. The number of nitrogens with zero attached hydrogens (tertiary/aromatic N) is 4. The zero-order valence-corrected chi connectivity index (χ0v) is 15.2. The van der Waals surface area contributed by atoms with Crippen molar-refractivity contribution >= 4 is 23.1 Å². The molecule has 0 spiro atoms. The summed E-state index contributed by atoms with van der Waals surface area (Å²) < 4.78 is 1.79.